The van der Waals surface area contributed by atoms with Crippen LogP contribution >= 0.6 is 0 Å². The molecule has 0 saturated carbocycles. The van der Waals surface area contributed by atoms with Gasteiger partial charge in [-0.2, -0.15) is 0 Å². The average molecular weight is 262 g/mol. The van der Waals surface area contributed by atoms with E-state index in [2.05, 4.69) is 5.32 Å². The van der Waals surface area contributed by atoms with Crippen LogP contribution in [0.15, 0.2) is 30.3 Å². The Morgan fingerprint density at radius 3 is 2.58 bits per heavy atom. The van der Waals surface area contributed by atoms with E-state index in [0.717, 1.165) is 5.56 Å². The predicted octanol–water partition coefficient (Wildman–Crippen LogP) is 0.533. The average Bonchev–Trinajstić information content (AvgIpc) is 2.85. The molecule has 1 heterocycles. The molecule has 1 aliphatic heterocycles. The quantitative estimate of drug-likeness (QED) is 0.830. The van der Waals surface area contributed by atoms with Crippen molar-refractivity contribution in [3.05, 3.63) is 35.9 Å². The van der Waals surface area contributed by atoms with Crippen molar-refractivity contribution < 1.29 is 14.7 Å². The van der Waals surface area contributed by atoms with E-state index in [1.54, 1.807) is 11.9 Å². The largest absolute Gasteiger partial charge is 0.481 e. The number of carboxylic acids is 1. The Balaban J connectivity index is 2.18. The van der Waals surface area contributed by atoms with Crippen LogP contribution in [0.5, 0.6) is 0 Å². The number of benzene rings is 1. The van der Waals surface area contributed by atoms with Gasteiger partial charge in [-0.3, -0.25) is 9.59 Å². The fourth-order valence-corrected chi connectivity index (χ4v) is 2.56. The van der Waals surface area contributed by atoms with Crippen molar-refractivity contribution in [3.63, 3.8) is 0 Å². The van der Waals surface area contributed by atoms with Crippen LogP contribution < -0.4 is 5.32 Å². The molecule has 5 heteroatoms. The highest BCUT2D eigenvalue weighted by molar-refractivity contribution is 5.81. The minimum absolute atomic E-state index is 0.0489. The lowest BCUT2D eigenvalue weighted by Crippen LogP contribution is -2.36. The lowest BCUT2D eigenvalue weighted by molar-refractivity contribution is -0.141. The van der Waals surface area contributed by atoms with Crippen LogP contribution in [-0.4, -0.2) is 48.6 Å². The van der Waals surface area contributed by atoms with Gasteiger partial charge in [0.2, 0.25) is 5.91 Å². The predicted molar refractivity (Wildman–Crippen MR) is 70.8 cm³/mol. The molecule has 0 bridgehead atoms. The number of nitrogens with one attached hydrogen (secondary N) is 1. The number of aliphatic carboxylic acids is 1. The Kier molecular flexibility index (Phi) is 4.16. The van der Waals surface area contributed by atoms with Crippen molar-refractivity contribution in [1.29, 1.82) is 0 Å². The van der Waals surface area contributed by atoms with E-state index < -0.39 is 11.9 Å². The van der Waals surface area contributed by atoms with Crippen molar-refractivity contribution in [2.24, 2.45) is 5.92 Å². The number of carbonyl (C=O) groups is 2. The highest BCUT2D eigenvalue weighted by Crippen LogP contribution is 2.32. The topological polar surface area (TPSA) is 69.6 Å². The van der Waals surface area contributed by atoms with Gasteiger partial charge in [-0.25, -0.2) is 0 Å². The number of hydrogen-bond acceptors (Lipinski definition) is 3. The van der Waals surface area contributed by atoms with Gasteiger partial charge < -0.3 is 15.3 Å². The summed E-state index contributed by atoms with van der Waals surface area (Å²) >= 11 is 0. The molecule has 2 rings (SSSR count). The third kappa shape index (κ3) is 2.93. The summed E-state index contributed by atoms with van der Waals surface area (Å²) in [6.07, 6.45) is 0. The van der Waals surface area contributed by atoms with E-state index in [0.29, 0.717) is 6.54 Å². The SMILES string of the molecule is CNCC(=O)N1C[C@@H](C(=O)O)[C@H](c2ccccc2)C1. The molecule has 19 heavy (non-hydrogen) atoms. The number of rotatable bonds is 4. The second kappa shape index (κ2) is 5.84. The maximum Gasteiger partial charge on any atom is 0.308 e. The zero-order chi connectivity index (χ0) is 13.8. The van der Waals surface area contributed by atoms with Crippen LogP contribution in [0.4, 0.5) is 0 Å². The maximum absolute atomic E-state index is 11.9. The third-order valence-electron chi connectivity index (χ3n) is 3.55. The van der Waals surface area contributed by atoms with Gasteiger partial charge in [0.1, 0.15) is 0 Å². The van der Waals surface area contributed by atoms with Crippen LogP contribution in [0.3, 0.4) is 0 Å². The summed E-state index contributed by atoms with van der Waals surface area (Å²) < 4.78 is 0. The summed E-state index contributed by atoms with van der Waals surface area (Å²) in [5.74, 6) is -1.54. The van der Waals surface area contributed by atoms with Gasteiger partial charge in [0.25, 0.3) is 0 Å². The molecule has 2 atom stereocenters. The van der Waals surface area contributed by atoms with Gasteiger partial charge in [-0.05, 0) is 12.6 Å². The van der Waals surface area contributed by atoms with Gasteiger partial charge in [-0.15, -0.1) is 0 Å². The molecule has 1 fully saturated rings. The minimum atomic E-state index is -0.839. The first-order chi connectivity index (χ1) is 9.13. The molecule has 0 unspecified atom stereocenters. The Labute approximate surface area is 112 Å². The number of carboxylic acid groups (broad SMARTS) is 1. The molecular formula is C14H18N2O3. The molecule has 1 aliphatic rings. The first kappa shape index (κ1) is 13.5. The number of hydrogen-bond donors (Lipinski definition) is 2. The third-order valence-corrected chi connectivity index (χ3v) is 3.55. The summed E-state index contributed by atoms with van der Waals surface area (Å²) in [6, 6.07) is 9.54. The second-order valence-electron chi connectivity index (χ2n) is 4.79. The lowest BCUT2D eigenvalue weighted by atomic mass is 9.89. The van der Waals surface area contributed by atoms with E-state index in [-0.39, 0.29) is 24.9 Å². The van der Waals surface area contributed by atoms with Crippen molar-refractivity contribution in [1.82, 2.24) is 10.2 Å². The fourth-order valence-electron chi connectivity index (χ4n) is 2.56. The summed E-state index contributed by atoms with van der Waals surface area (Å²) in [7, 11) is 1.71. The van der Waals surface area contributed by atoms with Crippen molar-refractivity contribution in [2.45, 2.75) is 5.92 Å². The maximum atomic E-state index is 11.9. The first-order valence-electron chi connectivity index (χ1n) is 6.33. The number of amides is 1. The summed E-state index contributed by atoms with van der Waals surface area (Å²) in [4.78, 5) is 24.9. The second-order valence-corrected chi connectivity index (χ2v) is 4.79. The van der Waals surface area contributed by atoms with Crippen molar-refractivity contribution in [2.75, 3.05) is 26.7 Å². The van der Waals surface area contributed by atoms with Gasteiger partial charge in [0, 0.05) is 19.0 Å². The Morgan fingerprint density at radius 1 is 1.32 bits per heavy atom. The van der Waals surface area contributed by atoms with Gasteiger partial charge in [0.15, 0.2) is 0 Å². The molecule has 0 spiro atoms. The summed E-state index contributed by atoms with van der Waals surface area (Å²) in [5, 5.41) is 12.1. The summed E-state index contributed by atoms with van der Waals surface area (Å²) in [6.45, 7) is 1.00. The summed E-state index contributed by atoms with van der Waals surface area (Å²) in [5.41, 5.74) is 0.981. The van der Waals surface area contributed by atoms with E-state index in [4.69, 9.17) is 0 Å². The molecule has 0 radical (unpaired) electrons. The Bertz CT molecular complexity index is 461. The standard InChI is InChI=1S/C14H18N2O3/c1-15-7-13(17)16-8-11(12(9-16)14(18)19)10-5-3-2-4-6-10/h2-6,11-12,15H,7-9H2,1H3,(H,18,19)/t11-,12+/m0/s1. The lowest BCUT2D eigenvalue weighted by Gasteiger charge is -2.16. The molecule has 2 N–H and O–H groups in total. The van der Waals surface area contributed by atoms with Crippen LogP contribution in [0.25, 0.3) is 0 Å². The van der Waals surface area contributed by atoms with Gasteiger partial charge in [0.05, 0.1) is 12.5 Å². The number of carbonyl (C=O) groups excluding carboxylic acids is 1. The number of nitrogens with zero attached hydrogens (tertiary/aromatic N) is 1. The number of likely N-dealkylation sites (tertiary alicyclic amines) is 1. The molecule has 1 amide bonds. The van der Waals surface area contributed by atoms with E-state index >= 15 is 0 Å². The molecule has 0 aliphatic carbocycles. The molecule has 1 aromatic carbocycles. The Hall–Kier alpha value is -1.88. The van der Waals surface area contributed by atoms with E-state index in [1.165, 1.54) is 0 Å². The van der Waals surface area contributed by atoms with Crippen LogP contribution in [0.1, 0.15) is 11.5 Å². The minimum Gasteiger partial charge on any atom is -0.481 e. The normalized spacial score (nSPS) is 22.5. The molecule has 5 nitrogen and oxygen atoms in total. The van der Waals surface area contributed by atoms with Gasteiger partial charge >= 0.3 is 5.97 Å². The van der Waals surface area contributed by atoms with Crippen molar-refractivity contribution >= 4 is 11.9 Å². The highest BCUT2D eigenvalue weighted by Gasteiger charge is 2.40. The highest BCUT2D eigenvalue weighted by atomic mass is 16.4. The molecule has 0 aromatic heterocycles. The van der Waals surface area contributed by atoms with Crippen LogP contribution in [-0.2, 0) is 9.59 Å². The molecule has 1 saturated heterocycles. The van der Waals surface area contributed by atoms with Crippen LogP contribution in [0, 0.1) is 5.92 Å². The van der Waals surface area contributed by atoms with Crippen LogP contribution in [0.2, 0.25) is 0 Å². The van der Waals surface area contributed by atoms with E-state index in [9.17, 15) is 14.7 Å². The molecular weight excluding hydrogens is 244 g/mol. The zero-order valence-corrected chi connectivity index (χ0v) is 10.9. The first-order valence-corrected chi connectivity index (χ1v) is 6.33. The van der Waals surface area contributed by atoms with E-state index in [1.807, 2.05) is 30.3 Å². The molecule has 102 valence electrons. The van der Waals surface area contributed by atoms with Gasteiger partial charge in [-0.1, -0.05) is 30.3 Å². The molecule has 1 aromatic rings. The van der Waals surface area contributed by atoms with Crippen molar-refractivity contribution in [3.8, 4) is 0 Å². The number of likely N-dealkylation sites (N-methyl/N-ethyl adjacent to an activating group) is 1. The Morgan fingerprint density at radius 2 is 2.00 bits per heavy atom. The monoisotopic (exact) mass is 262 g/mol. The smallest absolute Gasteiger partial charge is 0.308 e. The fraction of sp³-hybridized carbons (Fsp3) is 0.429. The zero-order valence-electron chi connectivity index (χ0n) is 10.9.